The van der Waals surface area contributed by atoms with Gasteiger partial charge in [0.25, 0.3) is 0 Å². The number of hydrogen-bond acceptors (Lipinski definition) is 2. The molecule has 0 aliphatic heterocycles. The van der Waals surface area contributed by atoms with E-state index in [0.717, 1.165) is 18.4 Å². The van der Waals surface area contributed by atoms with E-state index in [2.05, 4.69) is 13.5 Å². The van der Waals surface area contributed by atoms with E-state index >= 15 is 0 Å². The van der Waals surface area contributed by atoms with E-state index < -0.39 is 0 Å². The molecule has 0 N–H and O–H groups in total. The number of ether oxygens (including phenoxy) is 1. The zero-order chi connectivity index (χ0) is 11.0. The second-order valence-corrected chi connectivity index (χ2v) is 3.37. The minimum absolute atomic E-state index is 0.183. The van der Waals surface area contributed by atoms with Gasteiger partial charge in [-0.3, -0.25) is 4.79 Å². The summed E-state index contributed by atoms with van der Waals surface area (Å²) in [7, 11) is 0. The van der Waals surface area contributed by atoms with Crippen molar-refractivity contribution in [3.63, 3.8) is 0 Å². The Labute approximate surface area is 86.6 Å². The highest BCUT2D eigenvalue weighted by atomic mass is 16.5. The fourth-order valence-electron chi connectivity index (χ4n) is 0.801. The molecule has 0 aromatic heterocycles. The Morgan fingerprint density at radius 1 is 1.36 bits per heavy atom. The van der Waals surface area contributed by atoms with E-state index in [1.54, 1.807) is 0 Å². The third-order valence-electron chi connectivity index (χ3n) is 2.13. The molecule has 2 heteroatoms. The predicted molar refractivity (Wildman–Crippen MR) is 59.1 cm³/mol. The van der Waals surface area contributed by atoms with Crippen LogP contribution in [0.3, 0.4) is 0 Å². The summed E-state index contributed by atoms with van der Waals surface area (Å²) < 4.78 is 5.01. The number of rotatable bonds is 6. The number of allylic oxidation sites excluding steroid dienone is 1. The van der Waals surface area contributed by atoms with Crippen LogP contribution in [0.4, 0.5) is 0 Å². The van der Waals surface area contributed by atoms with Crippen molar-refractivity contribution in [2.45, 2.75) is 40.0 Å². The zero-order valence-electron chi connectivity index (χ0n) is 9.43. The summed E-state index contributed by atoms with van der Waals surface area (Å²) in [5.74, 6) is -0.183. The molecule has 0 spiro atoms. The van der Waals surface area contributed by atoms with E-state index in [0.29, 0.717) is 13.0 Å². The Balaban J connectivity index is 3.70. The number of carbonyl (C=O) groups is 1. The Morgan fingerprint density at radius 2 is 2.00 bits per heavy atom. The Morgan fingerprint density at radius 3 is 2.50 bits per heavy atom. The monoisotopic (exact) mass is 196 g/mol. The standard InChI is InChI=1S/C12H20O2/c1-5-10(3)7-8-14-12(13)9-11(4)6-2/h7H,4-6,8-9H2,1-3H3/b10-7+. The summed E-state index contributed by atoms with van der Waals surface area (Å²) in [6, 6.07) is 0. The second kappa shape index (κ2) is 7.36. The lowest BCUT2D eigenvalue weighted by Crippen LogP contribution is -2.05. The SMILES string of the molecule is C=C(CC)CC(=O)OC/C=C(\C)CC. The van der Waals surface area contributed by atoms with Gasteiger partial charge in [-0.15, -0.1) is 0 Å². The molecular weight excluding hydrogens is 176 g/mol. The smallest absolute Gasteiger partial charge is 0.310 e. The molecule has 0 saturated carbocycles. The minimum Gasteiger partial charge on any atom is -0.461 e. The highest BCUT2D eigenvalue weighted by Gasteiger charge is 2.02. The maximum Gasteiger partial charge on any atom is 0.310 e. The van der Waals surface area contributed by atoms with Crippen molar-refractivity contribution in [1.82, 2.24) is 0 Å². The second-order valence-electron chi connectivity index (χ2n) is 3.37. The molecule has 0 radical (unpaired) electrons. The molecular formula is C12H20O2. The van der Waals surface area contributed by atoms with Gasteiger partial charge < -0.3 is 4.74 Å². The summed E-state index contributed by atoms with van der Waals surface area (Å²) in [4.78, 5) is 11.2. The van der Waals surface area contributed by atoms with Crippen LogP contribution in [0.2, 0.25) is 0 Å². The van der Waals surface area contributed by atoms with Crippen LogP contribution < -0.4 is 0 Å². The van der Waals surface area contributed by atoms with Crippen molar-refractivity contribution in [2.75, 3.05) is 6.61 Å². The first kappa shape index (κ1) is 12.9. The maximum absolute atomic E-state index is 11.2. The average Bonchev–Trinajstić information content (AvgIpc) is 2.17. The average molecular weight is 196 g/mol. The molecule has 0 aromatic carbocycles. The Kier molecular flexibility index (Phi) is 6.81. The molecule has 80 valence electrons. The van der Waals surface area contributed by atoms with Crippen molar-refractivity contribution < 1.29 is 9.53 Å². The number of carbonyl (C=O) groups excluding carboxylic acids is 1. The van der Waals surface area contributed by atoms with Crippen molar-refractivity contribution in [3.05, 3.63) is 23.8 Å². The fourth-order valence-corrected chi connectivity index (χ4v) is 0.801. The summed E-state index contributed by atoms with van der Waals surface area (Å²) >= 11 is 0. The minimum atomic E-state index is -0.183. The van der Waals surface area contributed by atoms with Crippen LogP contribution in [-0.2, 0) is 9.53 Å². The number of hydrogen-bond donors (Lipinski definition) is 0. The van der Waals surface area contributed by atoms with E-state index in [4.69, 9.17) is 4.74 Å². The van der Waals surface area contributed by atoms with Crippen molar-refractivity contribution >= 4 is 5.97 Å². The van der Waals surface area contributed by atoms with Crippen LogP contribution in [-0.4, -0.2) is 12.6 Å². The molecule has 0 unspecified atom stereocenters. The highest BCUT2D eigenvalue weighted by Crippen LogP contribution is 2.04. The van der Waals surface area contributed by atoms with E-state index in [-0.39, 0.29) is 5.97 Å². The van der Waals surface area contributed by atoms with Gasteiger partial charge in [0.15, 0.2) is 0 Å². The first-order valence-corrected chi connectivity index (χ1v) is 5.08. The third kappa shape index (κ3) is 6.46. The van der Waals surface area contributed by atoms with E-state index in [1.165, 1.54) is 5.57 Å². The molecule has 2 nitrogen and oxygen atoms in total. The fraction of sp³-hybridized carbons (Fsp3) is 0.583. The van der Waals surface area contributed by atoms with Gasteiger partial charge in [0.05, 0.1) is 6.42 Å². The lowest BCUT2D eigenvalue weighted by molar-refractivity contribution is -0.141. The molecule has 0 aliphatic carbocycles. The first-order valence-electron chi connectivity index (χ1n) is 5.08. The van der Waals surface area contributed by atoms with E-state index in [9.17, 15) is 4.79 Å². The third-order valence-corrected chi connectivity index (χ3v) is 2.13. The van der Waals surface area contributed by atoms with Gasteiger partial charge in [-0.2, -0.15) is 0 Å². The summed E-state index contributed by atoms with van der Waals surface area (Å²) in [5.41, 5.74) is 2.17. The Hall–Kier alpha value is -1.05. The van der Waals surface area contributed by atoms with Crippen LogP contribution in [0.5, 0.6) is 0 Å². The zero-order valence-corrected chi connectivity index (χ0v) is 9.43. The first-order chi connectivity index (χ1) is 6.60. The lowest BCUT2D eigenvalue weighted by atomic mass is 10.2. The topological polar surface area (TPSA) is 26.3 Å². The predicted octanol–water partition coefficient (Wildman–Crippen LogP) is 3.24. The van der Waals surface area contributed by atoms with Crippen LogP contribution >= 0.6 is 0 Å². The van der Waals surface area contributed by atoms with Gasteiger partial charge in [-0.05, 0) is 25.8 Å². The van der Waals surface area contributed by atoms with Crippen LogP contribution in [0.25, 0.3) is 0 Å². The van der Waals surface area contributed by atoms with Crippen molar-refractivity contribution in [1.29, 1.82) is 0 Å². The van der Waals surface area contributed by atoms with E-state index in [1.807, 2.05) is 19.9 Å². The maximum atomic E-state index is 11.2. The molecule has 0 saturated heterocycles. The summed E-state index contributed by atoms with van der Waals surface area (Å²) in [5, 5.41) is 0. The molecule has 0 amide bonds. The molecule has 0 heterocycles. The normalized spacial score (nSPS) is 11.2. The summed E-state index contributed by atoms with van der Waals surface area (Å²) in [6.45, 7) is 10.2. The quantitative estimate of drug-likeness (QED) is 0.481. The van der Waals surface area contributed by atoms with Crippen molar-refractivity contribution in [2.24, 2.45) is 0 Å². The van der Waals surface area contributed by atoms with Crippen molar-refractivity contribution in [3.8, 4) is 0 Å². The van der Waals surface area contributed by atoms with Gasteiger partial charge in [-0.1, -0.05) is 31.6 Å². The van der Waals surface area contributed by atoms with Gasteiger partial charge in [0.2, 0.25) is 0 Å². The molecule has 0 aliphatic rings. The molecule has 0 fully saturated rings. The highest BCUT2D eigenvalue weighted by molar-refractivity contribution is 5.72. The van der Waals surface area contributed by atoms with Crippen LogP contribution in [0.15, 0.2) is 23.8 Å². The molecule has 0 aromatic rings. The van der Waals surface area contributed by atoms with Crippen LogP contribution in [0, 0.1) is 0 Å². The van der Waals surface area contributed by atoms with Gasteiger partial charge in [0.1, 0.15) is 6.61 Å². The molecule has 14 heavy (non-hydrogen) atoms. The van der Waals surface area contributed by atoms with Gasteiger partial charge in [0, 0.05) is 0 Å². The Bertz CT molecular complexity index is 226. The molecule has 0 rings (SSSR count). The largest absolute Gasteiger partial charge is 0.461 e. The molecule has 0 atom stereocenters. The van der Waals surface area contributed by atoms with Gasteiger partial charge >= 0.3 is 5.97 Å². The number of esters is 1. The summed E-state index contributed by atoms with van der Waals surface area (Å²) in [6.07, 6.45) is 4.11. The van der Waals surface area contributed by atoms with Crippen LogP contribution in [0.1, 0.15) is 40.0 Å². The van der Waals surface area contributed by atoms with Gasteiger partial charge in [-0.25, -0.2) is 0 Å². The lowest BCUT2D eigenvalue weighted by Gasteiger charge is -2.03. The molecule has 0 bridgehead atoms.